The second-order valence-electron chi connectivity index (χ2n) is 3.62. The first-order valence-electron chi connectivity index (χ1n) is 5.28. The third kappa shape index (κ3) is 3.40. The number of ether oxygens (including phenoxy) is 1. The summed E-state index contributed by atoms with van der Waals surface area (Å²) in [5.74, 6) is 0.617. The molecule has 1 aromatic rings. The van der Waals surface area contributed by atoms with E-state index in [0.29, 0.717) is 12.0 Å². The molecule has 1 fully saturated rings. The van der Waals surface area contributed by atoms with E-state index >= 15 is 0 Å². The van der Waals surface area contributed by atoms with Gasteiger partial charge in [-0.05, 0) is 25.1 Å². The normalized spacial score (nSPS) is 24.1. The number of hydrogen-bond donors (Lipinski definition) is 1. The minimum atomic E-state index is 0.396. The Kier molecular flexibility index (Phi) is 4.91. The molecule has 2 heteroatoms. The standard InChI is InChI=1S/C11H14O.C2H5N/c1-9-11(7-8-12-9)10-5-3-2-4-6-10;1-2-3/h2-6,9,11H,7-8H2,1H3;2H,1,3H2. The van der Waals surface area contributed by atoms with E-state index in [-0.39, 0.29) is 0 Å². The summed E-state index contributed by atoms with van der Waals surface area (Å²) >= 11 is 0. The highest BCUT2D eigenvalue weighted by Gasteiger charge is 2.24. The van der Waals surface area contributed by atoms with Gasteiger partial charge in [0.2, 0.25) is 0 Å². The molecule has 2 unspecified atom stereocenters. The van der Waals surface area contributed by atoms with Crippen molar-refractivity contribution in [2.75, 3.05) is 6.61 Å². The zero-order valence-electron chi connectivity index (χ0n) is 9.23. The van der Waals surface area contributed by atoms with E-state index in [2.05, 4.69) is 49.6 Å². The topological polar surface area (TPSA) is 35.2 Å². The molecule has 0 aliphatic carbocycles. The van der Waals surface area contributed by atoms with Crippen molar-refractivity contribution < 1.29 is 4.74 Å². The molecule has 15 heavy (non-hydrogen) atoms. The molecule has 1 heterocycles. The van der Waals surface area contributed by atoms with E-state index in [9.17, 15) is 0 Å². The summed E-state index contributed by atoms with van der Waals surface area (Å²) < 4.78 is 5.52. The van der Waals surface area contributed by atoms with Crippen molar-refractivity contribution >= 4 is 0 Å². The minimum Gasteiger partial charge on any atom is -0.405 e. The van der Waals surface area contributed by atoms with Crippen LogP contribution in [0.5, 0.6) is 0 Å². The Hall–Kier alpha value is -1.28. The van der Waals surface area contributed by atoms with E-state index in [0.717, 1.165) is 6.61 Å². The average Bonchev–Trinajstić information content (AvgIpc) is 2.67. The Balaban J connectivity index is 0.000000337. The zero-order valence-corrected chi connectivity index (χ0v) is 9.23. The predicted molar refractivity (Wildman–Crippen MR) is 63.6 cm³/mol. The molecule has 2 nitrogen and oxygen atoms in total. The fourth-order valence-corrected chi connectivity index (χ4v) is 1.87. The smallest absolute Gasteiger partial charge is 0.0616 e. The fourth-order valence-electron chi connectivity index (χ4n) is 1.87. The van der Waals surface area contributed by atoms with E-state index in [4.69, 9.17) is 4.74 Å². The number of hydrogen-bond acceptors (Lipinski definition) is 2. The van der Waals surface area contributed by atoms with Gasteiger partial charge in [0, 0.05) is 12.5 Å². The van der Waals surface area contributed by atoms with E-state index in [1.54, 1.807) is 0 Å². The number of benzene rings is 1. The second kappa shape index (κ2) is 6.25. The van der Waals surface area contributed by atoms with Crippen molar-refractivity contribution in [3.8, 4) is 0 Å². The third-order valence-electron chi connectivity index (χ3n) is 2.60. The summed E-state index contributed by atoms with van der Waals surface area (Å²) in [6, 6.07) is 10.6. The summed E-state index contributed by atoms with van der Waals surface area (Å²) in [7, 11) is 0. The molecule has 2 rings (SSSR count). The van der Waals surface area contributed by atoms with Gasteiger partial charge in [0.05, 0.1) is 6.10 Å². The van der Waals surface area contributed by atoms with Crippen LogP contribution in [0.1, 0.15) is 24.8 Å². The summed E-state index contributed by atoms with van der Waals surface area (Å²) in [5, 5.41) is 0. The van der Waals surface area contributed by atoms with Crippen LogP contribution in [-0.4, -0.2) is 12.7 Å². The number of nitrogens with two attached hydrogens (primary N) is 1. The molecule has 1 aliphatic heterocycles. The molecular formula is C13H19NO. The van der Waals surface area contributed by atoms with Gasteiger partial charge in [-0.2, -0.15) is 0 Å². The SMILES string of the molecule is C=CN.CC1OCCC1c1ccccc1. The molecule has 0 radical (unpaired) electrons. The average molecular weight is 205 g/mol. The first-order chi connectivity index (χ1) is 7.29. The molecular weight excluding hydrogens is 186 g/mol. The van der Waals surface area contributed by atoms with Crippen LogP contribution in [0, 0.1) is 0 Å². The van der Waals surface area contributed by atoms with Gasteiger partial charge >= 0.3 is 0 Å². The van der Waals surface area contributed by atoms with Crippen LogP contribution in [0.15, 0.2) is 43.1 Å². The second-order valence-corrected chi connectivity index (χ2v) is 3.62. The van der Waals surface area contributed by atoms with Gasteiger partial charge < -0.3 is 10.5 Å². The van der Waals surface area contributed by atoms with Crippen LogP contribution in [-0.2, 0) is 4.74 Å². The molecule has 0 aromatic heterocycles. The Morgan fingerprint density at radius 3 is 2.47 bits per heavy atom. The summed E-state index contributed by atoms with van der Waals surface area (Å²) in [6.07, 6.45) is 2.82. The highest BCUT2D eigenvalue weighted by molar-refractivity contribution is 5.21. The minimum absolute atomic E-state index is 0.396. The highest BCUT2D eigenvalue weighted by atomic mass is 16.5. The Bertz CT molecular complexity index is 284. The Labute approximate surface area is 91.7 Å². The lowest BCUT2D eigenvalue weighted by Crippen LogP contribution is -2.08. The lowest BCUT2D eigenvalue weighted by molar-refractivity contribution is 0.118. The van der Waals surface area contributed by atoms with Gasteiger partial charge in [0.1, 0.15) is 0 Å². The zero-order chi connectivity index (χ0) is 11.1. The van der Waals surface area contributed by atoms with Crippen molar-refractivity contribution in [2.45, 2.75) is 25.4 Å². The van der Waals surface area contributed by atoms with Gasteiger partial charge in [-0.3, -0.25) is 0 Å². The highest BCUT2D eigenvalue weighted by Crippen LogP contribution is 2.30. The maximum atomic E-state index is 5.52. The molecule has 82 valence electrons. The van der Waals surface area contributed by atoms with E-state index < -0.39 is 0 Å². The predicted octanol–water partition coefficient (Wildman–Crippen LogP) is 2.67. The first kappa shape index (κ1) is 11.8. The molecule has 0 spiro atoms. The molecule has 1 aromatic carbocycles. The van der Waals surface area contributed by atoms with Crippen LogP contribution in [0.4, 0.5) is 0 Å². The van der Waals surface area contributed by atoms with Gasteiger partial charge in [0.25, 0.3) is 0 Å². The van der Waals surface area contributed by atoms with Crippen LogP contribution >= 0.6 is 0 Å². The summed E-state index contributed by atoms with van der Waals surface area (Å²) in [6.45, 7) is 6.21. The molecule has 1 aliphatic rings. The molecule has 2 N–H and O–H groups in total. The monoisotopic (exact) mass is 205 g/mol. The molecule has 1 saturated heterocycles. The fraction of sp³-hybridized carbons (Fsp3) is 0.385. The van der Waals surface area contributed by atoms with Gasteiger partial charge in [0.15, 0.2) is 0 Å². The van der Waals surface area contributed by atoms with E-state index in [1.807, 2.05) is 0 Å². The van der Waals surface area contributed by atoms with Gasteiger partial charge in [-0.15, -0.1) is 0 Å². The Morgan fingerprint density at radius 2 is 2.00 bits per heavy atom. The van der Waals surface area contributed by atoms with Crippen molar-refractivity contribution in [3.63, 3.8) is 0 Å². The molecule has 2 atom stereocenters. The lowest BCUT2D eigenvalue weighted by Gasteiger charge is -2.13. The number of rotatable bonds is 1. The summed E-state index contributed by atoms with van der Waals surface area (Å²) in [4.78, 5) is 0. The van der Waals surface area contributed by atoms with Crippen molar-refractivity contribution in [3.05, 3.63) is 48.7 Å². The Morgan fingerprint density at radius 1 is 1.40 bits per heavy atom. The quantitative estimate of drug-likeness (QED) is 0.765. The molecule has 0 bridgehead atoms. The van der Waals surface area contributed by atoms with Crippen LogP contribution in [0.3, 0.4) is 0 Å². The molecule has 0 saturated carbocycles. The maximum absolute atomic E-state index is 5.52. The van der Waals surface area contributed by atoms with Crippen LogP contribution in [0.2, 0.25) is 0 Å². The van der Waals surface area contributed by atoms with Crippen molar-refractivity contribution in [2.24, 2.45) is 5.73 Å². The van der Waals surface area contributed by atoms with Gasteiger partial charge in [-0.1, -0.05) is 36.9 Å². The third-order valence-corrected chi connectivity index (χ3v) is 2.60. The van der Waals surface area contributed by atoms with Gasteiger partial charge in [-0.25, -0.2) is 0 Å². The van der Waals surface area contributed by atoms with E-state index in [1.165, 1.54) is 18.2 Å². The maximum Gasteiger partial charge on any atom is 0.0616 e. The first-order valence-corrected chi connectivity index (χ1v) is 5.28. The van der Waals surface area contributed by atoms with Crippen LogP contribution in [0.25, 0.3) is 0 Å². The summed E-state index contributed by atoms with van der Waals surface area (Å²) in [5.41, 5.74) is 6.03. The van der Waals surface area contributed by atoms with Crippen molar-refractivity contribution in [1.29, 1.82) is 0 Å². The van der Waals surface area contributed by atoms with Crippen molar-refractivity contribution in [1.82, 2.24) is 0 Å². The largest absolute Gasteiger partial charge is 0.405 e. The van der Waals surface area contributed by atoms with Crippen LogP contribution < -0.4 is 5.73 Å². The molecule has 0 amide bonds. The lowest BCUT2D eigenvalue weighted by atomic mass is 9.94.